The zero-order valence-corrected chi connectivity index (χ0v) is 10.6. The number of nitro benzene ring substituents is 1. The zero-order chi connectivity index (χ0) is 13.8. The van der Waals surface area contributed by atoms with Crippen molar-refractivity contribution in [2.75, 3.05) is 13.1 Å². The van der Waals surface area contributed by atoms with Crippen LogP contribution in [0, 0.1) is 16.0 Å². The quantitative estimate of drug-likeness (QED) is 0.654. The molecule has 6 nitrogen and oxygen atoms in total. The summed E-state index contributed by atoms with van der Waals surface area (Å²) < 4.78 is 0. The predicted molar refractivity (Wildman–Crippen MR) is 70.3 cm³/mol. The molecule has 2 rings (SSSR count). The Morgan fingerprint density at radius 3 is 3.00 bits per heavy atom. The molecule has 0 aliphatic carbocycles. The molecule has 1 aromatic rings. The predicted octanol–water partition coefficient (Wildman–Crippen LogP) is 1.29. The molecule has 1 amide bonds. The molecule has 1 aromatic carbocycles. The molecular weight excluding hydrogens is 246 g/mol. The maximum atomic E-state index is 11.2. The second-order valence-corrected chi connectivity index (χ2v) is 4.90. The van der Waals surface area contributed by atoms with Crippen LogP contribution in [0.2, 0.25) is 0 Å². The van der Waals surface area contributed by atoms with Gasteiger partial charge in [0.05, 0.1) is 10.8 Å². The van der Waals surface area contributed by atoms with Gasteiger partial charge in [0.15, 0.2) is 0 Å². The van der Waals surface area contributed by atoms with Crippen molar-refractivity contribution in [3.8, 4) is 0 Å². The van der Waals surface area contributed by atoms with Gasteiger partial charge in [0, 0.05) is 25.2 Å². The first-order valence-corrected chi connectivity index (χ1v) is 6.31. The van der Waals surface area contributed by atoms with Crippen LogP contribution < -0.4 is 5.73 Å². The van der Waals surface area contributed by atoms with Gasteiger partial charge in [-0.3, -0.25) is 19.8 Å². The third-order valence-corrected chi connectivity index (χ3v) is 3.44. The normalized spacial score (nSPS) is 20.1. The number of nitrogens with zero attached hydrogens (tertiary/aromatic N) is 2. The first-order valence-electron chi connectivity index (χ1n) is 6.31. The van der Waals surface area contributed by atoms with Gasteiger partial charge < -0.3 is 5.73 Å². The molecule has 2 N–H and O–H groups in total. The number of likely N-dealkylation sites (tertiary alicyclic amines) is 1. The summed E-state index contributed by atoms with van der Waals surface area (Å²) in [6.07, 6.45) is 1.77. The minimum absolute atomic E-state index is 0.0981. The van der Waals surface area contributed by atoms with E-state index in [1.54, 1.807) is 12.1 Å². The largest absolute Gasteiger partial charge is 0.369 e. The van der Waals surface area contributed by atoms with E-state index in [0.29, 0.717) is 13.1 Å². The van der Waals surface area contributed by atoms with E-state index in [1.807, 2.05) is 6.07 Å². The Morgan fingerprint density at radius 1 is 1.53 bits per heavy atom. The Balaban J connectivity index is 2.02. The highest BCUT2D eigenvalue weighted by molar-refractivity contribution is 5.76. The first-order chi connectivity index (χ1) is 9.06. The molecule has 1 heterocycles. The van der Waals surface area contributed by atoms with Crippen LogP contribution in [0.25, 0.3) is 0 Å². The fourth-order valence-corrected chi connectivity index (χ4v) is 2.46. The lowest BCUT2D eigenvalue weighted by Crippen LogP contribution is -2.40. The van der Waals surface area contributed by atoms with Crippen LogP contribution in [0.4, 0.5) is 5.69 Å². The highest BCUT2D eigenvalue weighted by atomic mass is 16.6. The molecule has 0 spiro atoms. The molecular formula is C13H17N3O3. The van der Waals surface area contributed by atoms with Crippen molar-refractivity contribution < 1.29 is 9.72 Å². The van der Waals surface area contributed by atoms with Crippen molar-refractivity contribution in [2.24, 2.45) is 11.7 Å². The Bertz CT molecular complexity index is 490. The summed E-state index contributed by atoms with van der Waals surface area (Å²) in [6.45, 7) is 2.15. The summed E-state index contributed by atoms with van der Waals surface area (Å²) in [5.74, 6) is -0.365. The van der Waals surface area contributed by atoms with Crippen molar-refractivity contribution in [2.45, 2.75) is 19.4 Å². The number of amides is 1. The Kier molecular flexibility index (Phi) is 4.11. The van der Waals surface area contributed by atoms with Gasteiger partial charge in [-0.2, -0.15) is 0 Å². The molecule has 102 valence electrons. The summed E-state index contributed by atoms with van der Waals surface area (Å²) in [4.78, 5) is 23.6. The third-order valence-electron chi connectivity index (χ3n) is 3.44. The lowest BCUT2D eigenvalue weighted by Gasteiger charge is -2.31. The molecule has 19 heavy (non-hydrogen) atoms. The number of carbonyl (C=O) groups excluding carboxylic acids is 1. The second-order valence-electron chi connectivity index (χ2n) is 4.90. The molecule has 0 bridgehead atoms. The molecule has 1 aliphatic rings. The summed E-state index contributed by atoms with van der Waals surface area (Å²) in [5.41, 5.74) is 6.32. The highest BCUT2D eigenvalue weighted by Crippen LogP contribution is 2.20. The van der Waals surface area contributed by atoms with Gasteiger partial charge in [-0.05, 0) is 24.9 Å². The van der Waals surface area contributed by atoms with E-state index in [-0.39, 0.29) is 17.5 Å². The van der Waals surface area contributed by atoms with Crippen molar-refractivity contribution in [3.63, 3.8) is 0 Å². The molecule has 1 fully saturated rings. The van der Waals surface area contributed by atoms with E-state index < -0.39 is 4.92 Å². The average Bonchev–Trinajstić information content (AvgIpc) is 2.39. The number of non-ortho nitro benzene ring substituents is 1. The van der Waals surface area contributed by atoms with Gasteiger partial charge in [-0.25, -0.2) is 0 Å². The maximum Gasteiger partial charge on any atom is 0.269 e. The van der Waals surface area contributed by atoms with Crippen molar-refractivity contribution in [3.05, 3.63) is 39.9 Å². The van der Waals surface area contributed by atoms with Crippen molar-refractivity contribution in [1.82, 2.24) is 4.90 Å². The molecule has 1 saturated heterocycles. The van der Waals surface area contributed by atoms with Crippen LogP contribution in [-0.4, -0.2) is 28.8 Å². The van der Waals surface area contributed by atoms with Crippen LogP contribution in [-0.2, 0) is 11.3 Å². The van der Waals surface area contributed by atoms with Gasteiger partial charge in [0.25, 0.3) is 5.69 Å². The van der Waals surface area contributed by atoms with Crippen molar-refractivity contribution >= 4 is 11.6 Å². The number of piperidine rings is 1. The number of benzene rings is 1. The van der Waals surface area contributed by atoms with E-state index in [1.165, 1.54) is 6.07 Å². The molecule has 1 aliphatic heterocycles. The fraction of sp³-hybridized carbons (Fsp3) is 0.462. The number of primary amides is 1. The molecule has 0 aromatic heterocycles. The second kappa shape index (κ2) is 5.79. The maximum absolute atomic E-state index is 11.2. The van der Waals surface area contributed by atoms with Gasteiger partial charge in [0.2, 0.25) is 5.91 Å². The van der Waals surface area contributed by atoms with E-state index in [4.69, 9.17) is 5.73 Å². The van der Waals surface area contributed by atoms with Crippen LogP contribution in [0.5, 0.6) is 0 Å². The summed E-state index contributed by atoms with van der Waals surface area (Å²) in [7, 11) is 0. The summed E-state index contributed by atoms with van der Waals surface area (Å²) in [5, 5.41) is 10.7. The Hall–Kier alpha value is -1.95. The number of hydrogen-bond donors (Lipinski definition) is 1. The zero-order valence-electron chi connectivity index (χ0n) is 10.6. The molecule has 0 radical (unpaired) electrons. The lowest BCUT2D eigenvalue weighted by atomic mass is 9.97. The van der Waals surface area contributed by atoms with Crippen LogP contribution in [0.1, 0.15) is 18.4 Å². The number of carbonyl (C=O) groups is 1. The smallest absolute Gasteiger partial charge is 0.269 e. The Labute approximate surface area is 111 Å². The van der Waals surface area contributed by atoms with Gasteiger partial charge in [0.1, 0.15) is 0 Å². The van der Waals surface area contributed by atoms with E-state index in [2.05, 4.69) is 4.90 Å². The topological polar surface area (TPSA) is 89.5 Å². The lowest BCUT2D eigenvalue weighted by molar-refractivity contribution is -0.384. The van der Waals surface area contributed by atoms with E-state index in [9.17, 15) is 14.9 Å². The minimum atomic E-state index is -0.397. The van der Waals surface area contributed by atoms with E-state index >= 15 is 0 Å². The van der Waals surface area contributed by atoms with Crippen molar-refractivity contribution in [1.29, 1.82) is 0 Å². The van der Waals surface area contributed by atoms with E-state index in [0.717, 1.165) is 24.9 Å². The number of nitrogens with two attached hydrogens (primary N) is 1. The molecule has 0 saturated carbocycles. The number of nitro groups is 1. The Morgan fingerprint density at radius 2 is 2.32 bits per heavy atom. The highest BCUT2D eigenvalue weighted by Gasteiger charge is 2.24. The molecule has 0 unspecified atom stereocenters. The molecule has 1 atom stereocenters. The van der Waals surface area contributed by atoms with Gasteiger partial charge in [-0.1, -0.05) is 12.1 Å². The van der Waals surface area contributed by atoms with Crippen LogP contribution >= 0.6 is 0 Å². The standard InChI is InChI=1S/C13H17N3O3/c14-13(17)11-4-2-6-15(9-11)8-10-3-1-5-12(7-10)16(18)19/h1,3,5,7,11H,2,4,6,8-9H2,(H2,14,17)/t11-/m1/s1. The van der Waals surface area contributed by atoms with Gasteiger partial charge >= 0.3 is 0 Å². The average molecular weight is 263 g/mol. The summed E-state index contributed by atoms with van der Waals surface area (Å²) in [6, 6.07) is 6.60. The third kappa shape index (κ3) is 3.51. The number of rotatable bonds is 4. The van der Waals surface area contributed by atoms with Gasteiger partial charge in [-0.15, -0.1) is 0 Å². The minimum Gasteiger partial charge on any atom is -0.369 e. The fourth-order valence-electron chi connectivity index (χ4n) is 2.46. The summed E-state index contributed by atoms with van der Waals surface area (Å²) >= 11 is 0. The van der Waals surface area contributed by atoms with Crippen LogP contribution in [0.3, 0.4) is 0 Å². The first kappa shape index (κ1) is 13.5. The molecule has 6 heteroatoms. The monoisotopic (exact) mass is 263 g/mol. The SMILES string of the molecule is NC(=O)[C@@H]1CCCN(Cc2cccc([N+](=O)[O-])c2)C1. The van der Waals surface area contributed by atoms with Crippen LogP contribution in [0.15, 0.2) is 24.3 Å². The number of hydrogen-bond acceptors (Lipinski definition) is 4.